The van der Waals surface area contributed by atoms with Crippen molar-refractivity contribution in [2.24, 2.45) is 22.9 Å². The van der Waals surface area contributed by atoms with Crippen LogP contribution in [0.2, 0.25) is 0 Å². The molecule has 0 aromatic heterocycles. The van der Waals surface area contributed by atoms with Crippen LogP contribution in [0.3, 0.4) is 0 Å². The van der Waals surface area contributed by atoms with E-state index in [1.54, 1.807) is 6.92 Å². The van der Waals surface area contributed by atoms with Gasteiger partial charge in [0.25, 0.3) is 0 Å². The lowest BCUT2D eigenvalue weighted by Crippen LogP contribution is -2.68. The first kappa shape index (κ1) is 26.1. The van der Waals surface area contributed by atoms with Crippen LogP contribution >= 0.6 is 0 Å². The maximum atomic E-state index is 10.7. The maximum Gasteiger partial charge on any atom is 0.187 e. The van der Waals surface area contributed by atoms with Crippen LogP contribution in [0.15, 0.2) is 0 Å². The normalized spacial score (nSPS) is 53.3. The minimum absolute atomic E-state index is 0.140. The fraction of sp³-hybridized carbons (Fsp3) is 1.00. The van der Waals surface area contributed by atoms with Crippen molar-refractivity contribution >= 4 is 0 Å². The van der Waals surface area contributed by atoms with E-state index in [4.69, 9.17) is 41.9 Å². The van der Waals surface area contributed by atoms with Gasteiger partial charge in [-0.3, -0.25) is 0 Å². The second kappa shape index (κ2) is 10.4. The van der Waals surface area contributed by atoms with E-state index in [0.29, 0.717) is 0 Å². The van der Waals surface area contributed by atoms with Crippen LogP contribution in [0.25, 0.3) is 0 Å². The van der Waals surface area contributed by atoms with Gasteiger partial charge in [-0.25, -0.2) is 0 Å². The number of hydrogen-bond donors (Lipinski definition) is 10. The summed E-state index contributed by atoms with van der Waals surface area (Å²) in [5.41, 5.74) is 23.9. The molecule has 3 rings (SSSR count). The first-order valence-electron chi connectivity index (χ1n) is 10.6. The van der Waals surface area contributed by atoms with Crippen LogP contribution in [-0.4, -0.2) is 129 Å². The average molecular weight is 469 g/mol. The standard InChI is InChI=1S/C18H36N4O10/c1-4(19)14-12(27)13(28)18(30-14)32-16-9(24)5(20)2-6(21)15(16)31-17-8(22)11(26)10(25)7(3-23)29-17/h4-18,23-28H,2-3,19-22H2,1H3/t4-,5+,6-,7+,8+,9-,10+,11+,12-,13+,14+,15+,16+,17+,18-/m0/s1. The van der Waals surface area contributed by atoms with Crippen molar-refractivity contribution in [1.29, 1.82) is 0 Å². The smallest absolute Gasteiger partial charge is 0.187 e. The highest BCUT2D eigenvalue weighted by atomic mass is 16.7. The van der Waals surface area contributed by atoms with Crippen LogP contribution < -0.4 is 22.9 Å². The quantitative estimate of drug-likeness (QED) is 0.174. The van der Waals surface area contributed by atoms with Crippen molar-refractivity contribution in [3.05, 3.63) is 0 Å². The summed E-state index contributed by atoms with van der Waals surface area (Å²) in [5, 5.41) is 60.8. The van der Waals surface area contributed by atoms with Gasteiger partial charge in [0, 0.05) is 18.1 Å². The van der Waals surface area contributed by atoms with Crippen molar-refractivity contribution in [3.8, 4) is 0 Å². The third-order valence-electron chi connectivity index (χ3n) is 6.35. The zero-order valence-electron chi connectivity index (χ0n) is 17.7. The molecule has 0 unspecified atom stereocenters. The first-order chi connectivity index (χ1) is 15.0. The molecule has 14 heteroatoms. The van der Waals surface area contributed by atoms with Gasteiger partial charge in [0.15, 0.2) is 12.6 Å². The molecule has 3 fully saturated rings. The molecule has 32 heavy (non-hydrogen) atoms. The minimum atomic E-state index is -1.46. The minimum Gasteiger partial charge on any atom is -0.394 e. The van der Waals surface area contributed by atoms with Crippen LogP contribution in [0.1, 0.15) is 13.3 Å². The largest absolute Gasteiger partial charge is 0.394 e. The highest BCUT2D eigenvalue weighted by Gasteiger charge is 2.52. The van der Waals surface area contributed by atoms with E-state index in [2.05, 4.69) is 0 Å². The molecule has 2 heterocycles. The Morgan fingerprint density at radius 1 is 0.812 bits per heavy atom. The molecule has 0 bridgehead atoms. The van der Waals surface area contributed by atoms with Gasteiger partial charge >= 0.3 is 0 Å². The van der Waals surface area contributed by atoms with E-state index < -0.39 is 98.3 Å². The molecule has 14 nitrogen and oxygen atoms in total. The van der Waals surface area contributed by atoms with Crippen molar-refractivity contribution in [3.63, 3.8) is 0 Å². The topological polar surface area (TPSA) is 262 Å². The number of ether oxygens (including phenoxy) is 4. The molecule has 0 amide bonds. The zero-order valence-corrected chi connectivity index (χ0v) is 17.7. The summed E-state index contributed by atoms with van der Waals surface area (Å²) in [7, 11) is 0. The Labute approximate surface area is 185 Å². The number of aliphatic hydroxyl groups excluding tert-OH is 6. The predicted octanol–water partition coefficient (Wildman–Crippen LogP) is -6.26. The van der Waals surface area contributed by atoms with Gasteiger partial charge in [-0.2, -0.15) is 0 Å². The number of aliphatic hydroxyl groups is 6. The van der Waals surface area contributed by atoms with Crippen LogP contribution in [0, 0.1) is 0 Å². The Balaban J connectivity index is 1.78. The molecule has 0 aromatic rings. The Kier molecular flexibility index (Phi) is 8.44. The first-order valence-corrected chi connectivity index (χ1v) is 10.6. The molecule has 2 saturated heterocycles. The average Bonchev–Trinajstić information content (AvgIpc) is 3.03. The predicted molar refractivity (Wildman–Crippen MR) is 106 cm³/mol. The summed E-state index contributed by atoms with van der Waals surface area (Å²) in [6.45, 7) is 0.989. The summed E-state index contributed by atoms with van der Waals surface area (Å²) in [6, 6.07) is -3.39. The Hall–Kier alpha value is -0.560. The molecule has 1 saturated carbocycles. The third-order valence-corrected chi connectivity index (χ3v) is 6.35. The molecule has 1 aliphatic carbocycles. The molecule has 3 aliphatic rings. The lowest BCUT2D eigenvalue weighted by Gasteiger charge is -2.47. The second-order valence-electron chi connectivity index (χ2n) is 8.85. The van der Waals surface area contributed by atoms with E-state index in [9.17, 15) is 30.6 Å². The summed E-state index contributed by atoms with van der Waals surface area (Å²) in [6.07, 6.45) is -13.9. The zero-order chi connectivity index (χ0) is 23.9. The molecule has 0 radical (unpaired) electrons. The number of hydrogen-bond acceptors (Lipinski definition) is 14. The molecule has 188 valence electrons. The van der Waals surface area contributed by atoms with Crippen molar-refractivity contribution in [1.82, 2.24) is 0 Å². The SMILES string of the molecule is C[C@H](N)[C@H]1O[C@@H](O[C@@H]2[C@@H](O)[C@H](N)C[C@H](N)[C@H]2O[C@H]2O[C@H](CO)[C@@H](O)[C@H](O)[C@H]2N)[C@H](O)[C@@H]1O. The Morgan fingerprint density at radius 3 is 2.00 bits per heavy atom. The molecule has 15 atom stereocenters. The van der Waals surface area contributed by atoms with E-state index >= 15 is 0 Å². The van der Waals surface area contributed by atoms with E-state index in [-0.39, 0.29) is 6.42 Å². The van der Waals surface area contributed by atoms with E-state index in [1.165, 1.54) is 0 Å². The van der Waals surface area contributed by atoms with Crippen molar-refractivity contribution in [2.45, 2.75) is 105 Å². The van der Waals surface area contributed by atoms with Crippen LogP contribution in [0.4, 0.5) is 0 Å². The van der Waals surface area contributed by atoms with Crippen molar-refractivity contribution in [2.75, 3.05) is 6.61 Å². The summed E-state index contributed by atoms with van der Waals surface area (Å²) < 4.78 is 22.7. The van der Waals surface area contributed by atoms with Crippen molar-refractivity contribution < 1.29 is 49.6 Å². The van der Waals surface area contributed by atoms with E-state index in [1.807, 2.05) is 0 Å². The van der Waals surface area contributed by atoms with Gasteiger partial charge in [-0.1, -0.05) is 0 Å². The van der Waals surface area contributed by atoms with Gasteiger partial charge in [0.1, 0.15) is 48.8 Å². The van der Waals surface area contributed by atoms with Gasteiger partial charge in [0.05, 0.1) is 18.8 Å². The lowest BCUT2D eigenvalue weighted by molar-refractivity contribution is -0.310. The van der Waals surface area contributed by atoms with Gasteiger partial charge in [0.2, 0.25) is 0 Å². The molecular formula is C18H36N4O10. The fourth-order valence-electron chi connectivity index (χ4n) is 4.36. The molecular weight excluding hydrogens is 432 g/mol. The van der Waals surface area contributed by atoms with Gasteiger partial charge in [-0.15, -0.1) is 0 Å². The maximum absolute atomic E-state index is 10.7. The highest BCUT2D eigenvalue weighted by molar-refractivity contribution is 5.01. The molecule has 0 spiro atoms. The molecule has 14 N–H and O–H groups in total. The fourth-order valence-corrected chi connectivity index (χ4v) is 4.36. The highest BCUT2D eigenvalue weighted by Crippen LogP contribution is 2.32. The second-order valence-corrected chi connectivity index (χ2v) is 8.85. The molecule has 2 aliphatic heterocycles. The number of rotatable bonds is 6. The Bertz CT molecular complexity index is 618. The van der Waals surface area contributed by atoms with E-state index in [0.717, 1.165) is 0 Å². The lowest BCUT2D eigenvalue weighted by atomic mass is 9.84. The summed E-state index contributed by atoms with van der Waals surface area (Å²) >= 11 is 0. The number of nitrogens with two attached hydrogens (primary N) is 4. The third kappa shape index (κ3) is 4.94. The van der Waals surface area contributed by atoms with Gasteiger partial charge < -0.3 is 72.5 Å². The van der Waals surface area contributed by atoms with Crippen LogP contribution in [-0.2, 0) is 18.9 Å². The van der Waals surface area contributed by atoms with Crippen LogP contribution in [0.5, 0.6) is 0 Å². The monoisotopic (exact) mass is 468 g/mol. The Morgan fingerprint density at radius 2 is 1.44 bits per heavy atom. The molecule has 0 aromatic carbocycles. The summed E-state index contributed by atoms with van der Waals surface area (Å²) in [4.78, 5) is 0. The summed E-state index contributed by atoms with van der Waals surface area (Å²) in [5.74, 6) is 0. The van der Waals surface area contributed by atoms with Gasteiger partial charge in [-0.05, 0) is 13.3 Å².